The van der Waals surface area contributed by atoms with E-state index in [1.165, 1.54) is 6.07 Å². The molecule has 2 aliphatic rings. The van der Waals surface area contributed by atoms with Crippen LogP contribution in [-0.4, -0.2) is 46.1 Å². The lowest BCUT2D eigenvalue weighted by molar-refractivity contribution is -0.00539. The predicted molar refractivity (Wildman–Crippen MR) is 108 cm³/mol. The maximum Gasteiger partial charge on any atom is 0.319 e. The number of carbonyl (C=O) groups excluding carboxylic acids is 1. The number of ether oxygens (including phenoxy) is 1. The third-order valence-electron chi connectivity index (χ3n) is 5.42. The van der Waals surface area contributed by atoms with Gasteiger partial charge in [0.1, 0.15) is 11.6 Å². The van der Waals surface area contributed by atoms with Crippen LogP contribution in [0, 0.1) is 12.7 Å². The number of fused-ring (bicyclic) bond motifs is 1. The van der Waals surface area contributed by atoms with Crippen LogP contribution < -0.4 is 15.5 Å². The molecule has 0 bridgehead atoms. The summed E-state index contributed by atoms with van der Waals surface area (Å²) in [6.45, 7) is 7.99. The Hall–Kier alpha value is -2.68. The maximum atomic E-state index is 14.7. The highest BCUT2D eigenvalue weighted by molar-refractivity contribution is 5.89. The molecule has 2 aromatic rings. The van der Waals surface area contributed by atoms with Crippen molar-refractivity contribution in [1.82, 2.24) is 20.1 Å². The minimum Gasteiger partial charge on any atom is -0.372 e. The Morgan fingerprint density at radius 2 is 2.00 bits per heavy atom. The second kappa shape index (κ2) is 7.98. The Labute approximate surface area is 169 Å². The van der Waals surface area contributed by atoms with Crippen LogP contribution in [-0.2, 0) is 11.3 Å². The molecule has 1 aromatic heterocycles. The minimum atomic E-state index is -0.384. The van der Waals surface area contributed by atoms with E-state index in [9.17, 15) is 9.18 Å². The molecule has 0 aliphatic carbocycles. The van der Waals surface area contributed by atoms with Gasteiger partial charge in [-0.25, -0.2) is 9.18 Å². The van der Waals surface area contributed by atoms with Gasteiger partial charge in [0.05, 0.1) is 23.9 Å². The Morgan fingerprint density at radius 1 is 1.24 bits per heavy atom. The Balaban J connectivity index is 1.41. The van der Waals surface area contributed by atoms with E-state index in [-0.39, 0.29) is 30.1 Å². The zero-order chi connectivity index (χ0) is 20.5. The fraction of sp³-hybridized carbons (Fsp3) is 0.550. The van der Waals surface area contributed by atoms with Crippen LogP contribution in [0.25, 0.3) is 0 Å². The number of halogens is 1. The molecule has 2 amide bonds. The number of benzene rings is 1. The molecule has 1 saturated heterocycles. The Bertz CT molecular complexity index is 891. The molecule has 0 spiro atoms. The van der Waals surface area contributed by atoms with Crippen LogP contribution in [0.4, 0.5) is 20.6 Å². The summed E-state index contributed by atoms with van der Waals surface area (Å²) in [5.41, 5.74) is 0.931. The second-order valence-electron chi connectivity index (χ2n) is 7.88. The lowest BCUT2D eigenvalue weighted by Gasteiger charge is -2.37. The molecule has 0 saturated carbocycles. The van der Waals surface area contributed by atoms with Gasteiger partial charge >= 0.3 is 6.03 Å². The first-order valence-electron chi connectivity index (χ1n) is 10.1. The van der Waals surface area contributed by atoms with Crippen molar-refractivity contribution in [2.45, 2.75) is 58.4 Å². The average molecular weight is 402 g/mol. The van der Waals surface area contributed by atoms with E-state index in [1.54, 1.807) is 12.1 Å². The number of hydrogen-bond acceptors (Lipinski definition) is 5. The fourth-order valence-corrected chi connectivity index (χ4v) is 4.19. The first kappa shape index (κ1) is 19.6. The molecule has 2 N–H and O–H groups in total. The molecule has 3 atom stereocenters. The van der Waals surface area contributed by atoms with Crippen LogP contribution in [0.15, 0.2) is 18.2 Å². The SMILES string of the molecule is Cc1nnc2n1CCC[C@@H]2NC(=O)Nc1ccc(N2C[C@@H](C)O[C@H](C)C2)c(F)c1. The van der Waals surface area contributed by atoms with Gasteiger partial charge in [0.25, 0.3) is 0 Å². The molecular formula is C20H27FN6O2. The van der Waals surface area contributed by atoms with Crippen molar-refractivity contribution in [2.75, 3.05) is 23.3 Å². The van der Waals surface area contributed by atoms with Crippen LogP contribution >= 0.6 is 0 Å². The molecule has 1 aromatic carbocycles. The largest absolute Gasteiger partial charge is 0.372 e. The van der Waals surface area contributed by atoms with Crippen LogP contribution in [0.1, 0.15) is 44.4 Å². The van der Waals surface area contributed by atoms with Crippen molar-refractivity contribution in [1.29, 1.82) is 0 Å². The van der Waals surface area contributed by atoms with Gasteiger partial charge in [-0.3, -0.25) is 0 Å². The number of anilines is 2. The number of rotatable bonds is 3. The third kappa shape index (κ3) is 4.19. The number of urea groups is 1. The van der Waals surface area contributed by atoms with E-state index >= 15 is 0 Å². The molecule has 1 fully saturated rings. The smallest absolute Gasteiger partial charge is 0.319 e. The molecule has 0 unspecified atom stereocenters. The number of aryl methyl sites for hydroxylation is 1. The van der Waals surface area contributed by atoms with Crippen molar-refractivity contribution >= 4 is 17.4 Å². The fourth-order valence-electron chi connectivity index (χ4n) is 4.19. The van der Waals surface area contributed by atoms with E-state index in [2.05, 4.69) is 20.8 Å². The number of aromatic nitrogens is 3. The van der Waals surface area contributed by atoms with Crippen molar-refractivity contribution in [3.8, 4) is 0 Å². The van der Waals surface area contributed by atoms with Crippen LogP contribution in [0.5, 0.6) is 0 Å². The summed E-state index contributed by atoms with van der Waals surface area (Å²) in [4.78, 5) is 14.4. The zero-order valence-electron chi connectivity index (χ0n) is 17.0. The van der Waals surface area contributed by atoms with Crippen LogP contribution in [0.2, 0.25) is 0 Å². The Kier molecular flexibility index (Phi) is 5.40. The van der Waals surface area contributed by atoms with E-state index < -0.39 is 0 Å². The van der Waals surface area contributed by atoms with Crippen molar-refractivity contribution < 1.29 is 13.9 Å². The van der Waals surface area contributed by atoms with E-state index in [0.29, 0.717) is 24.5 Å². The summed E-state index contributed by atoms with van der Waals surface area (Å²) in [6.07, 6.45) is 1.83. The summed E-state index contributed by atoms with van der Waals surface area (Å²) >= 11 is 0. The second-order valence-corrected chi connectivity index (χ2v) is 7.88. The molecule has 4 rings (SSSR count). The van der Waals surface area contributed by atoms with Gasteiger partial charge in [-0.15, -0.1) is 10.2 Å². The predicted octanol–water partition coefficient (Wildman–Crippen LogP) is 3.00. The van der Waals surface area contributed by atoms with Crippen LogP contribution in [0.3, 0.4) is 0 Å². The highest BCUT2D eigenvalue weighted by atomic mass is 19.1. The minimum absolute atomic E-state index is 0.0444. The Morgan fingerprint density at radius 3 is 2.72 bits per heavy atom. The van der Waals surface area contributed by atoms with Crippen molar-refractivity contribution in [3.05, 3.63) is 35.7 Å². The topological polar surface area (TPSA) is 84.3 Å². The first-order chi connectivity index (χ1) is 13.9. The van der Waals surface area contributed by atoms with Gasteiger partial charge in [0.2, 0.25) is 0 Å². The molecular weight excluding hydrogens is 375 g/mol. The monoisotopic (exact) mass is 402 g/mol. The number of carbonyl (C=O) groups is 1. The summed E-state index contributed by atoms with van der Waals surface area (Å²) < 4.78 is 22.5. The summed E-state index contributed by atoms with van der Waals surface area (Å²) in [5.74, 6) is 1.24. The first-order valence-corrected chi connectivity index (χ1v) is 10.1. The number of nitrogens with zero attached hydrogens (tertiary/aromatic N) is 4. The molecule has 3 heterocycles. The van der Waals surface area contributed by atoms with Gasteiger partial charge in [-0.1, -0.05) is 0 Å². The van der Waals surface area contributed by atoms with E-state index in [1.807, 2.05) is 30.2 Å². The zero-order valence-corrected chi connectivity index (χ0v) is 17.0. The highest BCUT2D eigenvalue weighted by Gasteiger charge is 2.26. The van der Waals surface area contributed by atoms with Gasteiger partial charge in [-0.05, 0) is 51.8 Å². The lowest BCUT2D eigenvalue weighted by Crippen LogP contribution is -2.45. The van der Waals surface area contributed by atoms with Crippen molar-refractivity contribution in [2.24, 2.45) is 0 Å². The van der Waals surface area contributed by atoms with E-state index in [4.69, 9.17) is 4.74 Å². The average Bonchev–Trinajstić information content (AvgIpc) is 3.03. The lowest BCUT2D eigenvalue weighted by atomic mass is 10.1. The summed E-state index contributed by atoms with van der Waals surface area (Å²) in [5, 5.41) is 13.9. The standard InChI is InChI=1S/C20H27FN6O2/c1-12-10-26(11-13(2)29-12)18-7-6-15(9-16(18)21)22-20(28)23-17-5-4-8-27-14(3)24-25-19(17)27/h6-7,9,12-13,17H,4-5,8,10-11H2,1-3H3,(H2,22,23,28)/t12-,13-,17+/m1/s1. The number of amides is 2. The van der Waals surface area contributed by atoms with Gasteiger partial charge < -0.3 is 24.8 Å². The quantitative estimate of drug-likeness (QED) is 0.825. The molecule has 0 radical (unpaired) electrons. The normalized spacial score (nSPS) is 24.1. The molecule has 9 heteroatoms. The van der Waals surface area contributed by atoms with Gasteiger partial charge in [0.15, 0.2) is 5.82 Å². The molecule has 2 aliphatic heterocycles. The van der Waals surface area contributed by atoms with Crippen molar-refractivity contribution in [3.63, 3.8) is 0 Å². The maximum absolute atomic E-state index is 14.7. The van der Waals surface area contributed by atoms with Gasteiger partial charge in [-0.2, -0.15) is 0 Å². The molecule has 29 heavy (non-hydrogen) atoms. The third-order valence-corrected chi connectivity index (χ3v) is 5.42. The summed E-state index contributed by atoms with van der Waals surface area (Å²) in [6, 6.07) is 4.19. The van der Waals surface area contributed by atoms with Gasteiger partial charge in [0, 0.05) is 25.3 Å². The molecule has 156 valence electrons. The van der Waals surface area contributed by atoms with E-state index in [0.717, 1.165) is 31.0 Å². The summed E-state index contributed by atoms with van der Waals surface area (Å²) in [7, 11) is 0. The number of morpholine rings is 1. The molecule has 8 nitrogen and oxygen atoms in total. The number of hydrogen-bond donors (Lipinski definition) is 2. The number of nitrogens with one attached hydrogen (secondary N) is 2. The highest BCUT2D eigenvalue weighted by Crippen LogP contribution is 2.27.